The molecule has 3 atom stereocenters. The van der Waals surface area contributed by atoms with E-state index in [1.165, 1.54) is 36.4 Å². The van der Waals surface area contributed by atoms with Crippen molar-refractivity contribution < 1.29 is 28.8 Å². The molecule has 1 aliphatic carbocycles. The van der Waals surface area contributed by atoms with E-state index in [2.05, 4.69) is 0 Å². The fourth-order valence-electron chi connectivity index (χ4n) is 5.48. The molecule has 10 heteroatoms. The minimum atomic E-state index is -2.22. The number of fused-ring (bicyclic) bond motifs is 3. The Bertz CT molecular complexity index is 1480. The lowest BCUT2D eigenvalue weighted by molar-refractivity contribution is -0.384. The quantitative estimate of drug-likeness (QED) is 0.230. The molecular weight excluding hydrogens is 488 g/mol. The number of nitrogens with zero attached hydrogens (tertiary/aromatic N) is 2. The first-order valence-corrected chi connectivity index (χ1v) is 11.4. The molecule has 3 aromatic rings. The number of hydrogen-bond acceptors (Lipinski definition) is 7. The molecule has 0 unspecified atom stereocenters. The summed E-state index contributed by atoms with van der Waals surface area (Å²) < 4.78 is 6.19. The van der Waals surface area contributed by atoms with E-state index in [0.29, 0.717) is 5.56 Å². The largest absolute Gasteiger partial charge is 0.349 e. The van der Waals surface area contributed by atoms with Crippen LogP contribution in [-0.4, -0.2) is 33.9 Å². The Hall–Kier alpha value is -4.21. The van der Waals surface area contributed by atoms with Crippen LogP contribution in [0.2, 0.25) is 5.02 Å². The van der Waals surface area contributed by atoms with Gasteiger partial charge in [0, 0.05) is 33.8 Å². The third-order valence-electron chi connectivity index (χ3n) is 7.05. The number of nitro benzene ring substituents is 1. The van der Waals surface area contributed by atoms with Crippen LogP contribution >= 0.6 is 11.6 Å². The molecule has 0 aromatic heterocycles. The van der Waals surface area contributed by atoms with E-state index in [1.54, 1.807) is 36.4 Å². The Balaban J connectivity index is 1.53. The zero-order valence-corrected chi connectivity index (χ0v) is 19.0. The number of benzene rings is 3. The van der Waals surface area contributed by atoms with E-state index in [0.717, 1.165) is 4.90 Å². The van der Waals surface area contributed by atoms with Crippen LogP contribution in [0.5, 0.6) is 0 Å². The van der Waals surface area contributed by atoms with Gasteiger partial charge in [-0.05, 0) is 18.2 Å². The first-order valence-electron chi connectivity index (χ1n) is 11.0. The van der Waals surface area contributed by atoms with Crippen molar-refractivity contribution in [2.45, 2.75) is 11.7 Å². The summed E-state index contributed by atoms with van der Waals surface area (Å²) in [6, 6.07) is 17.6. The number of rotatable bonds is 3. The lowest BCUT2D eigenvalue weighted by Crippen LogP contribution is -2.51. The third kappa shape index (κ3) is 2.75. The second-order valence-electron chi connectivity index (χ2n) is 8.79. The molecule has 0 N–H and O–H groups in total. The standard InChI is InChI=1S/C26H15ClN2O7/c27-18-8-4-3-7-17(18)21-19-20(26(36-21)22(30)15-5-1-2-6-16(15)23(26)31)25(33)28(24(19)32)13-9-11-14(12-10-13)29(34)35/h1-12,19-21H/t19-,20+,21+/m0/s1. The van der Waals surface area contributed by atoms with E-state index >= 15 is 0 Å². The summed E-state index contributed by atoms with van der Waals surface area (Å²) in [5.41, 5.74) is -1.74. The molecule has 0 saturated carbocycles. The Morgan fingerprint density at radius 3 is 2.00 bits per heavy atom. The maximum atomic E-state index is 13.8. The number of ether oxygens (including phenoxy) is 1. The van der Waals surface area contributed by atoms with Crippen LogP contribution in [0.1, 0.15) is 32.4 Å². The SMILES string of the molecule is O=C1[C@@H]2[C@@H](c3ccccc3Cl)OC3(C(=O)c4ccccc4C3=O)[C@H]2C(=O)N1c1ccc([N+](=O)[O-])cc1. The number of Topliss-reactive ketones (excluding diaryl/α,β-unsaturated/α-hetero) is 2. The highest BCUT2D eigenvalue weighted by molar-refractivity contribution is 6.37. The van der Waals surface area contributed by atoms with Gasteiger partial charge in [0.05, 0.1) is 28.6 Å². The molecule has 0 radical (unpaired) electrons. The fourth-order valence-corrected chi connectivity index (χ4v) is 5.73. The second-order valence-corrected chi connectivity index (χ2v) is 9.20. The minimum absolute atomic E-state index is 0.0912. The highest BCUT2D eigenvalue weighted by Crippen LogP contribution is 2.58. The average Bonchev–Trinajstić information content (AvgIpc) is 3.44. The summed E-state index contributed by atoms with van der Waals surface area (Å²) in [6.45, 7) is 0. The number of imide groups is 1. The molecule has 1 spiro atoms. The maximum Gasteiger partial charge on any atom is 0.269 e. The van der Waals surface area contributed by atoms with Gasteiger partial charge in [0.15, 0.2) is 0 Å². The number of anilines is 1. The number of nitro groups is 1. The Morgan fingerprint density at radius 2 is 1.42 bits per heavy atom. The van der Waals surface area contributed by atoms with Gasteiger partial charge < -0.3 is 4.74 Å². The van der Waals surface area contributed by atoms with E-state index in [4.69, 9.17) is 16.3 Å². The third-order valence-corrected chi connectivity index (χ3v) is 7.39. The Labute approximate surface area is 208 Å². The van der Waals surface area contributed by atoms with Crippen LogP contribution in [-0.2, 0) is 14.3 Å². The molecule has 6 rings (SSSR count). The molecule has 2 saturated heterocycles. The van der Waals surface area contributed by atoms with Gasteiger partial charge in [0.2, 0.25) is 29.0 Å². The summed E-state index contributed by atoms with van der Waals surface area (Å²) in [7, 11) is 0. The highest BCUT2D eigenvalue weighted by atomic mass is 35.5. The van der Waals surface area contributed by atoms with E-state index in [-0.39, 0.29) is 27.5 Å². The van der Waals surface area contributed by atoms with Gasteiger partial charge in [0.1, 0.15) is 0 Å². The van der Waals surface area contributed by atoms with Crippen molar-refractivity contribution in [1.29, 1.82) is 0 Å². The van der Waals surface area contributed by atoms with Crippen molar-refractivity contribution in [2.75, 3.05) is 4.90 Å². The van der Waals surface area contributed by atoms with E-state index < -0.39 is 51.8 Å². The second kappa shape index (κ2) is 7.64. The van der Waals surface area contributed by atoms with Crippen LogP contribution < -0.4 is 4.90 Å². The predicted octanol–water partition coefficient (Wildman–Crippen LogP) is 3.94. The first-order chi connectivity index (χ1) is 17.3. The van der Waals surface area contributed by atoms with Gasteiger partial charge in [-0.1, -0.05) is 54.1 Å². The van der Waals surface area contributed by atoms with Crippen molar-refractivity contribution in [2.24, 2.45) is 11.8 Å². The zero-order valence-electron chi connectivity index (χ0n) is 18.3. The number of ketones is 2. The minimum Gasteiger partial charge on any atom is -0.349 e. The molecular formula is C26H15ClN2O7. The summed E-state index contributed by atoms with van der Waals surface area (Å²) in [4.78, 5) is 66.4. The summed E-state index contributed by atoms with van der Waals surface area (Å²) in [6.07, 6.45) is -1.15. The van der Waals surface area contributed by atoms with Crippen molar-refractivity contribution >= 4 is 46.4 Å². The number of non-ortho nitro benzene ring substituents is 1. The van der Waals surface area contributed by atoms with Crippen molar-refractivity contribution in [3.8, 4) is 0 Å². The van der Waals surface area contributed by atoms with Gasteiger partial charge in [-0.25, -0.2) is 4.90 Å². The normalized spacial score (nSPS) is 23.9. The lowest BCUT2D eigenvalue weighted by atomic mass is 9.77. The summed E-state index contributed by atoms with van der Waals surface area (Å²) in [5, 5.41) is 11.3. The van der Waals surface area contributed by atoms with Crippen LogP contribution in [0.15, 0.2) is 72.8 Å². The zero-order chi connectivity index (χ0) is 25.4. The number of amides is 2. The number of carbonyl (C=O) groups is 4. The predicted molar refractivity (Wildman–Crippen MR) is 126 cm³/mol. The summed E-state index contributed by atoms with van der Waals surface area (Å²) >= 11 is 6.41. The maximum absolute atomic E-state index is 13.8. The monoisotopic (exact) mass is 502 g/mol. The molecule has 2 heterocycles. The lowest BCUT2D eigenvalue weighted by Gasteiger charge is -2.27. The highest BCUT2D eigenvalue weighted by Gasteiger charge is 2.74. The van der Waals surface area contributed by atoms with Crippen LogP contribution in [0.4, 0.5) is 11.4 Å². The molecule has 3 aliphatic rings. The van der Waals surface area contributed by atoms with E-state index in [1.807, 2.05) is 0 Å². The van der Waals surface area contributed by atoms with Gasteiger partial charge in [-0.2, -0.15) is 0 Å². The summed E-state index contributed by atoms with van der Waals surface area (Å²) in [5.74, 6) is -5.48. The fraction of sp³-hybridized carbons (Fsp3) is 0.154. The van der Waals surface area contributed by atoms with Gasteiger partial charge >= 0.3 is 0 Å². The van der Waals surface area contributed by atoms with Crippen molar-refractivity contribution in [1.82, 2.24) is 0 Å². The molecule has 9 nitrogen and oxygen atoms in total. The number of halogens is 1. The smallest absolute Gasteiger partial charge is 0.269 e. The van der Waals surface area contributed by atoms with Crippen LogP contribution in [0.3, 0.4) is 0 Å². The first kappa shape index (κ1) is 22.3. The van der Waals surface area contributed by atoms with Gasteiger partial charge in [-0.15, -0.1) is 0 Å². The van der Waals surface area contributed by atoms with Gasteiger partial charge in [-0.3, -0.25) is 29.3 Å². The molecule has 0 bridgehead atoms. The van der Waals surface area contributed by atoms with Gasteiger partial charge in [0.25, 0.3) is 5.69 Å². The molecule has 178 valence electrons. The number of hydrogen-bond donors (Lipinski definition) is 0. The topological polar surface area (TPSA) is 124 Å². The Kier molecular flexibility index (Phi) is 4.73. The molecule has 36 heavy (non-hydrogen) atoms. The molecule has 2 fully saturated rings. The molecule has 3 aromatic carbocycles. The Morgan fingerprint density at radius 1 is 0.833 bits per heavy atom. The molecule has 2 aliphatic heterocycles. The molecule has 2 amide bonds. The average molecular weight is 503 g/mol. The van der Waals surface area contributed by atoms with Crippen LogP contribution in [0.25, 0.3) is 0 Å². The van der Waals surface area contributed by atoms with Crippen molar-refractivity contribution in [3.05, 3.63) is 105 Å². The van der Waals surface area contributed by atoms with E-state index in [9.17, 15) is 29.3 Å². The van der Waals surface area contributed by atoms with Crippen molar-refractivity contribution in [3.63, 3.8) is 0 Å². The van der Waals surface area contributed by atoms with Crippen LogP contribution in [0, 0.1) is 22.0 Å². The number of carbonyl (C=O) groups excluding carboxylic acids is 4.